The predicted molar refractivity (Wildman–Crippen MR) is 280 cm³/mol. The number of amides is 3. The maximum atomic E-state index is 15.4. The number of hydrogen-bond acceptors (Lipinski definition) is 11. The minimum atomic E-state index is -5.15. The van der Waals surface area contributed by atoms with E-state index in [0.29, 0.717) is 69.0 Å². The van der Waals surface area contributed by atoms with Gasteiger partial charge in [-0.05, 0) is 130 Å². The van der Waals surface area contributed by atoms with Gasteiger partial charge in [0.15, 0.2) is 10.9 Å². The van der Waals surface area contributed by atoms with E-state index in [1.807, 2.05) is 69.6 Å². The van der Waals surface area contributed by atoms with Crippen molar-refractivity contribution in [3.63, 3.8) is 0 Å². The fourth-order valence-corrected chi connectivity index (χ4v) is 9.67. The minimum Gasteiger partial charge on any atom is -0.494 e. The number of unbranched alkanes of at least 4 members (excludes halogenated alkanes) is 2. The van der Waals surface area contributed by atoms with Crippen LogP contribution in [0.15, 0.2) is 84.5 Å². The number of nitrogens with zero attached hydrogens (tertiary/aromatic N) is 6. The number of pyridine rings is 1. The lowest BCUT2D eigenvalue weighted by atomic mass is 9.85. The molecule has 2 N–H and O–H groups in total. The van der Waals surface area contributed by atoms with E-state index in [9.17, 15) is 37.6 Å². The third-order valence-electron chi connectivity index (χ3n) is 12.5. The molecular formula is C54H60F4N8O6S2. The molecule has 1 fully saturated rings. The minimum absolute atomic E-state index is 0.196. The summed E-state index contributed by atoms with van der Waals surface area (Å²) >= 11 is 7.21. The number of anilines is 2. The number of rotatable bonds is 20. The van der Waals surface area contributed by atoms with E-state index in [1.165, 1.54) is 38.1 Å². The Morgan fingerprint density at radius 3 is 2.26 bits per heavy atom. The van der Waals surface area contributed by atoms with Crippen LogP contribution in [0.4, 0.5) is 28.9 Å². The van der Waals surface area contributed by atoms with Crippen molar-refractivity contribution in [2.75, 3.05) is 43.2 Å². The number of thiocarbonyl (C=S) groups is 1. The van der Waals surface area contributed by atoms with Crippen LogP contribution >= 0.6 is 23.6 Å². The number of alkyl halides is 3. The Kier molecular flexibility index (Phi) is 18.7. The molecule has 0 saturated carbocycles. The number of ether oxygens (including phenoxy) is 2. The number of carbonyl (C=O) groups is 4. The molecule has 0 aliphatic carbocycles. The summed E-state index contributed by atoms with van der Waals surface area (Å²) in [7, 11) is 1.27. The number of benzene rings is 3. The Hall–Kier alpha value is -6.82. The lowest BCUT2D eigenvalue weighted by molar-refractivity contribution is -0.144. The fourth-order valence-electron chi connectivity index (χ4n) is 8.42. The molecule has 6 rings (SSSR count). The Balaban J connectivity index is 0.924. The molecule has 74 heavy (non-hydrogen) atoms. The van der Waals surface area contributed by atoms with Gasteiger partial charge < -0.3 is 39.6 Å². The molecule has 3 aromatic carbocycles. The monoisotopic (exact) mass is 1060 g/mol. The Morgan fingerprint density at radius 1 is 0.959 bits per heavy atom. The molecule has 3 heterocycles. The lowest BCUT2D eigenvalue weighted by Gasteiger charge is -2.39. The first-order valence-corrected chi connectivity index (χ1v) is 25.3. The van der Waals surface area contributed by atoms with E-state index in [1.54, 1.807) is 40.5 Å². The summed E-state index contributed by atoms with van der Waals surface area (Å²) in [6.45, 7) is 11.9. The summed E-state index contributed by atoms with van der Waals surface area (Å²) in [5, 5.41) is 14.9. The first-order valence-electron chi connectivity index (χ1n) is 24.0. The van der Waals surface area contributed by atoms with Crippen LogP contribution in [0.25, 0.3) is 21.7 Å². The molecule has 0 radical (unpaired) electrons. The molecule has 2 unspecified atom stereocenters. The average molecular weight is 1060 g/mol. The van der Waals surface area contributed by atoms with E-state index in [4.69, 9.17) is 21.7 Å². The maximum absolute atomic E-state index is 15.4. The van der Waals surface area contributed by atoms with Gasteiger partial charge in [0.05, 0.1) is 63.1 Å². The van der Waals surface area contributed by atoms with Crippen molar-refractivity contribution >= 4 is 64.0 Å². The SMILES string of the molecule is Cc1ncsc1-c1ccc(CNC(=O)C2CCCN2C(=O)C(NC(=O)COCCCCCOc2ccc(-c3ccc(N(C(=S)N(C)c4ccc(C#N)c(C(F)(F)F)c4F)C(C)(C)C=O)cn3)cc2)C(C)(C)C)cc1. The van der Waals surface area contributed by atoms with Gasteiger partial charge in [-0.25, -0.2) is 9.37 Å². The second kappa shape index (κ2) is 24.5. The number of aryl methyl sites for hydroxylation is 1. The number of nitriles is 1. The van der Waals surface area contributed by atoms with Gasteiger partial charge in [0.25, 0.3) is 0 Å². The maximum Gasteiger partial charge on any atom is 0.420 e. The molecule has 20 heteroatoms. The van der Waals surface area contributed by atoms with Gasteiger partial charge in [0.2, 0.25) is 17.7 Å². The molecule has 5 aromatic rings. The highest BCUT2D eigenvalue weighted by atomic mass is 32.1. The number of hydrogen-bond donors (Lipinski definition) is 2. The van der Waals surface area contributed by atoms with Crippen LogP contribution in [0.2, 0.25) is 0 Å². The van der Waals surface area contributed by atoms with Crippen molar-refractivity contribution < 1.29 is 46.2 Å². The lowest BCUT2D eigenvalue weighted by Crippen LogP contribution is -2.58. The number of aromatic nitrogens is 2. The average Bonchev–Trinajstić information content (AvgIpc) is 4.05. The fraction of sp³-hybridized carbons (Fsp3) is 0.407. The van der Waals surface area contributed by atoms with Crippen LogP contribution in [0.3, 0.4) is 0 Å². The summed E-state index contributed by atoms with van der Waals surface area (Å²) < 4.78 is 68.3. The number of halogens is 4. The summed E-state index contributed by atoms with van der Waals surface area (Å²) in [6.07, 6.45) is 0.271. The van der Waals surface area contributed by atoms with Crippen LogP contribution in [0.5, 0.6) is 5.75 Å². The highest BCUT2D eigenvalue weighted by molar-refractivity contribution is 7.80. The van der Waals surface area contributed by atoms with Gasteiger partial charge in [-0.3, -0.25) is 19.4 Å². The van der Waals surface area contributed by atoms with E-state index in [-0.39, 0.29) is 23.5 Å². The van der Waals surface area contributed by atoms with Crippen molar-refractivity contribution in [3.8, 4) is 33.5 Å². The third-order valence-corrected chi connectivity index (χ3v) is 13.9. The van der Waals surface area contributed by atoms with Crippen LogP contribution in [-0.4, -0.2) is 95.0 Å². The highest BCUT2D eigenvalue weighted by Gasteiger charge is 2.43. The third kappa shape index (κ3) is 13.9. The van der Waals surface area contributed by atoms with Crippen LogP contribution in [-0.2, 0) is 36.6 Å². The predicted octanol–water partition coefficient (Wildman–Crippen LogP) is 9.82. The smallest absolute Gasteiger partial charge is 0.420 e. The van der Waals surface area contributed by atoms with Crippen molar-refractivity contribution in [3.05, 3.63) is 113 Å². The summed E-state index contributed by atoms with van der Waals surface area (Å²) in [5.41, 5.74) is 1.30. The summed E-state index contributed by atoms with van der Waals surface area (Å²) in [4.78, 5) is 66.6. The van der Waals surface area contributed by atoms with Crippen LogP contribution in [0.1, 0.15) is 89.1 Å². The zero-order chi connectivity index (χ0) is 54.0. The molecule has 2 aromatic heterocycles. The quantitative estimate of drug-likeness (QED) is 0.0328. The van der Waals surface area contributed by atoms with Gasteiger partial charge in [-0.1, -0.05) is 45.0 Å². The van der Waals surface area contributed by atoms with Gasteiger partial charge in [-0.2, -0.15) is 18.4 Å². The number of nitrogens with one attached hydrogen (secondary N) is 2. The first-order chi connectivity index (χ1) is 35.0. The van der Waals surface area contributed by atoms with Gasteiger partial charge in [0, 0.05) is 32.3 Å². The molecule has 14 nitrogen and oxygen atoms in total. The van der Waals surface area contributed by atoms with Crippen LogP contribution < -0.4 is 25.2 Å². The normalized spacial score (nSPS) is 14.2. The van der Waals surface area contributed by atoms with Gasteiger partial charge in [0.1, 0.15) is 36.3 Å². The first kappa shape index (κ1) is 56.5. The number of carbonyl (C=O) groups excluding carboxylic acids is 4. The van der Waals surface area contributed by atoms with E-state index in [2.05, 4.69) is 20.6 Å². The van der Waals surface area contributed by atoms with Crippen LogP contribution in [0, 0.1) is 29.5 Å². The number of aldehydes is 1. The van der Waals surface area contributed by atoms with Crippen molar-refractivity contribution in [2.45, 2.75) is 104 Å². The molecule has 0 spiro atoms. The van der Waals surface area contributed by atoms with E-state index >= 15 is 4.39 Å². The number of likely N-dealkylation sites (tertiary alicyclic amines) is 1. The largest absolute Gasteiger partial charge is 0.494 e. The second-order valence-electron chi connectivity index (χ2n) is 19.5. The molecular weight excluding hydrogens is 997 g/mol. The molecule has 1 saturated heterocycles. The number of thiazole rings is 1. The second-order valence-corrected chi connectivity index (χ2v) is 20.7. The standard InChI is InChI=1S/C54H60F4N8O6S2/c1-34-47(74-33-62-34)37-15-13-35(14-16-37)29-61-49(69)43-12-11-25-65(43)50(70)48(52(2,3)4)63-44(68)31-71-26-9-8-10-27-72-40-21-17-36(18-22-40)41-23-20-39(30-60-41)66(53(5,6)32-67)51(73)64(7)42-24-19-38(28-59)45(46(42)55)54(56,57)58/h13-24,30,32-33,43,48H,8-12,25-27,29,31H2,1-7H3,(H,61,69)(H,63,68). The van der Waals surface area contributed by atoms with E-state index in [0.717, 1.165) is 57.1 Å². The zero-order valence-electron chi connectivity index (χ0n) is 42.3. The van der Waals surface area contributed by atoms with Crippen molar-refractivity contribution in [1.29, 1.82) is 5.26 Å². The molecule has 0 bridgehead atoms. The Bertz CT molecular complexity index is 2830. The summed E-state index contributed by atoms with van der Waals surface area (Å²) in [5.74, 6) is -2.00. The zero-order valence-corrected chi connectivity index (χ0v) is 44.0. The molecule has 3 amide bonds. The molecule has 1 aliphatic rings. The summed E-state index contributed by atoms with van der Waals surface area (Å²) in [6, 6.07) is 20.3. The van der Waals surface area contributed by atoms with Gasteiger partial charge >= 0.3 is 6.18 Å². The van der Waals surface area contributed by atoms with Gasteiger partial charge in [-0.15, -0.1) is 11.3 Å². The topological polar surface area (TPSA) is 170 Å². The van der Waals surface area contributed by atoms with E-state index < -0.39 is 57.8 Å². The Morgan fingerprint density at radius 2 is 1.65 bits per heavy atom. The van der Waals surface area contributed by atoms with Crippen molar-refractivity contribution in [1.82, 2.24) is 25.5 Å². The highest BCUT2D eigenvalue weighted by Crippen LogP contribution is 2.39. The Labute approximate surface area is 438 Å². The molecule has 392 valence electrons. The molecule has 1 aliphatic heterocycles. The molecule has 2 atom stereocenters. The van der Waals surface area contributed by atoms with Crippen molar-refractivity contribution in [2.24, 2.45) is 5.41 Å².